The van der Waals surface area contributed by atoms with Gasteiger partial charge in [-0.05, 0) is 30.0 Å². The minimum absolute atomic E-state index is 0.512. The van der Waals surface area contributed by atoms with Crippen LogP contribution in [0.5, 0.6) is 0 Å². The fourth-order valence-corrected chi connectivity index (χ4v) is 3.10. The molecule has 0 fully saturated rings. The standard InChI is InChI=1S/C20H18N4S/c1-15-14-25-20(24-17-10-6-3-7-11-17)18(12-21)19(23-15)22-13-16-8-4-2-5-9-16/h2-11,14,24H,13H2,1H3,(H,22,23). The number of para-hydroxylation sites is 1. The number of aliphatic imine (C=N–C) groups is 1. The van der Waals surface area contributed by atoms with E-state index in [0.29, 0.717) is 18.0 Å². The van der Waals surface area contributed by atoms with Crippen molar-refractivity contribution in [3.8, 4) is 6.07 Å². The van der Waals surface area contributed by atoms with E-state index in [4.69, 9.17) is 0 Å². The summed E-state index contributed by atoms with van der Waals surface area (Å²) in [6, 6.07) is 22.1. The van der Waals surface area contributed by atoms with Crippen LogP contribution in [0.15, 0.2) is 87.4 Å². The van der Waals surface area contributed by atoms with Crippen LogP contribution >= 0.6 is 11.8 Å². The van der Waals surface area contributed by atoms with Gasteiger partial charge in [0.1, 0.15) is 17.5 Å². The molecule has 0 spiro atoms. The fourth-order valence-electron chi connectivity index (χ4n) is 2.31. The van der Waals surface area contributed by atoms with Gasteiger partial charge in [-0.2, -0.15) is 5.26 Å². The van der Waals surface area contributed by atoms with Crippen molar-refractivity contribution in [3.63, 3.8) is 0 Å². The zero-order valence-corrected chi connectivity index (χ0v) is 14.7. The summed E-state index contributed by atoms with van der Waals surface area (Å²) >= 11 is 1.49. The first kappa shape index (κ1) is 16.9. The summed E-state index contributed by atoms with van der Waals surface area (Å²) in [5.41, 5.74) is 3.51. The minimum Gasteiger partial charge on any atom is -0.349 e. The van der Waals surface area contributed by atoms with Gasteiger partial charge >= 0.3 is 0 Å². The molecule has 2 aromatic carbocycles. The summed E-state index contributed by atoms with van der Waals surface area (Å²) in [5.74, 6) is 0.587. The van der Waals surface area contributed by atoms with Crippen molar-refractivity contribution >= 4 is 23.3 Å². The third kappa shape index (κ3) is 4.52. The summed E-state index contributed by atoms with van der Waals surface area (Å²) in [6.07, 6.45) is 0. The monoisotopic (exact) mass is 346 g/mol. The van der Waals surface area contributed by atoms with Crippen molar-refractivity contribution in [3.05, 3.63) is 87.9 Å². The lowest BCUT2D eigenvalue weighted by atomic mass is 10.2. The number of rotatable bonds is 4. The number of nitrogens with zero attached hydrogens (tertiary/aromatic N) is 2. The average Bonchev–Trinajstić information content (AvgIpc) is 2.80. The van der Waals surface area contributed by atoms with Gasteiger partial charge in [0, 0.05) is 11.4 Å². The number of amidine groups is 1. The molecule has 2 aromatic rings. The van der Waals surface area contributed by atoms with E-state index < -0.39 is 0 Å². The number of nitrogens with one attached hydrogen (secondary N) is 2. The van der Waals surface area contributed by atoms with Crippen molar-refractivity contribution in [1.29, 1.82) is 5.26 Å². The van der Waals surface area contributed by atoms with E-state index >= 15 is 0 Å². The summed E-state index contributed by atoms with van der Waals surface area (Å²) in [7, 11) is 0. The van der Waals surface area contributed by atoms with E-state index in [2.05, 4.69) is 21.7 Å². The predicted molar refractivity (Wildman–Crippen MR) is 105 cm³/mol. The number of nitriles is 1. The first-order chi connectivity index (χ1) is 12.3. The molecule has 0 radical (unpaired) electrons. The molecule has 0 unspecified atom stereocenters. The quantitative estimate of drug-likeness (QED) is 0.847. The van der Waals surface area contributed by atoms with Gasteiger partial charge in [0.05, 0.1) is 11.6 Å². The second kappa shape index (κ2) is 8.22. The Morgan fingerprint density at radius 1 is 1.08 bits per heavy atom. The Balaban J connectivity index is 1.92. The molecule has 0 aromatic heterocycles. The van der Waals surface area contributed by atoms with Gasteiger partial charge in [-0.3, -0.25) is 4.99 Å². The predicted octanol–water partition coefficient (Wildman–Crippen LogP) is 4.63. The molecule has 0 aliphatic carbocycles. The summed E-state index contributed by atoms with van der Waals surface area (Å²) < 4.78 is 0. The Labute approximate surface area is 152 Å². The highest BCUT2D eigenvalue weighted by Crippen LogP contribution is 2.27. The van der Waals surface area contributed by atoms with Gasteiger partial charge in [-0.1, -0.05) is 60.3 Å². The third-order valence-corrected chi connectivity index (χ3v) is 4.55. The van der Waals surface area contributed by atoms with E-state index in [1.807, 2.05) is 73.0 Å². The molecular formula is C20H18N4S. The Morgan fingerprint density at radius 3 is 2.44 bits per heavy atom. The van der Waals surface area contributed by atoms with Crippen LogP contribution in [0.2, 0.25) is 0 Å². The van der Waals surface area contributed by atoms with Crippen LogP contribution in [-0.2, 0) is 6.54 Å². The highest BCUT2D eigenvalue weighted by atomic mass is 32.2. The van der Waals surface area contributed by atoms with E-state index in [0.717, 1.165) is 22.0 Å². The zero-order chi connectivity index (χ0) is 17.5. The Kier molecular flexibility index (Phi) is 5.55. The van der Waals surface area contributed by atoms with Crippen molar-refractivity contribution < 1.29 is 0 Å². The lowest BCUT2D eigenvalue weighted by Gasteiger charge is -2.11. The van der Waals surface area contributed by atoms with Crippen molar-refractivity contribution in [2.24, 2.45) is 4.99 Å². The number of hydrogen-bond donors (Lipinski definition) is 2. The smallest absolute Gasteiger partial charge is 0.146 e. The van der Waals surface area contributed by atoms with Crippen LogP contribution in [0.1, 0.15) is 12.5 Å². The fraction of sp³-hybridized carbons (Fsp3) is 0.100. The lowest BCUT2D eigenvalue weighted by Crippen LogP contribution is -2.23. The van der Waals surface area contributed by atoms with Crippen molar-refractivity contribution in [2.75, 3.05) is 5.32 Å². The van der Waals surface area contributed by atoms with E-state index in [-0.39, 0.29) is 0 Å². The van der Waals surface area contributed by atoms with Crippen LogP contribution in [0.3, 0.4) is 0 Å². The third-order valence-electron chi connectivity index (χ3n) is 3.54. The molecule has 0 atom stereocenters. The minimum atomic E-state index is 0.512. The molecule has 124 valence electrons. The maximum Gasteiger partial charge on any atom is 0.146 e. The summed E-state index contributed by atoms with van der Waals surface area (Å²) in [6.45, 7) is 2.48. The molecule has 3 rings (SSSR count). The molecule has 1 aliphatic heterocycles. The number of allylic oxidation sites excluding steroid dienone is 1. The number of benzene rings is 2. The topological polar surface area (TPSA) is 60.2 Å². The normalized spacial score (nSPS) is 15.8. The molecule has 0 saturated heterocycles. The van der Waals surface area contributed by atoms with Gasteiger partial charge in [0.15, 0.2) is 0 Å². The largest absolute Gasteiger partial charge is 0.349 e. The molecule has 0 amide bonds. The maximum absolute atomic E-state index is 9.71. The van der Waals surface area contributed by atoms with Gasteiger partial charge in [0.2, 0.25) is 0 Å². The highest BCUT2D eigenvalue weighted by Gasteiger charge is 2.17. The van der Waals surface area contributed by atoms with Crippen LogP contribution in [0.4, 0.5) is 5.69 Å². The molecule has 4 nitrogen and oxygen atoms in total. The summed E-state index contributed by atoms with van der Waals surface area (Å²) in [5, 5.41) is 19.0. The van der Waals surface area contributed by atoms with Crippen molar-refractivity contribution in [2.45, 2.75) is 13.5 Å². The Hall–Kier alpha value is -2.97. The molecule has 0 bridgehead atoms. The van der Waals surface area contributed by atoms with Crippen LogP contribution < -0.4 is 10.6 Å². The molecule has 0 saturated carbocycles. The SMILES string of the molecule is CC1=CSC(Nc2ccccc2)=C(C#N)C(=NCc2ccccc2)N1. The Bertz CT molecular complexity index is 862. The van der Waals surface area contributed by atoms with E-state index in [1.54, 1.807) is 0 Å². The molecule has 1 aliphatic rings. The Morgan fingerprint density at radius 2 is 1.76 bits per heavy atom. The summed E-state index contributed by atoms with van der Waals surface area (Å²) in [4.78, 5) is 4.64. The number of anilines is 1. The van der Waals surface area contributed by atoms with Gasteiger partial charge < -0.3 is 10.6 Å². The second-order valence-electron chi connectivity index (χ2n) is 5.50. The average molecular weight is 346 g/mol. The van der Waals surface area contributed by atoms with Gasteiger partial charge in [-0.25, -0.2) is 0 Å². The molecule has 5 heteroatoms. The van der Waals surface area contributed by atoms with Crippen LogP contribution in [0.25, 0.3) is 0 Å². The van der Waals surface area contributed by atoms with Gasteiger partial charge in [0.25, 0.3) is 0 Å². The van der Waals surface area contributed by atoms with Crippen LogP contribution in [0, 0.1) is 11.3 Å². The van der Waals surface area contributed by atoms with Crippen molar-refractivity contribution in [1.82, 2.24) is 5.32 Å². The first-order valence-electron chi connectivity index (χ1n) is 7.92. The molecular weight excluding hydrogens is 328 g/mol. The highest BCUT2D eigenvalue weighted by molar-refractivity contribution is 8.06. The molecule has 2 N–H and O–H groups in total. The number of hydrogen-bond acceptors (Lipinski definition) is 4. The maximum atomic E-state index is 9.71. The van der Waals surface area contributed by atoms with Crippen LogP contribution in [-0.4, -0.2) is 5.84 Å². The van der Waals surface area contributed by atoms with Gasteiger partial charge in [-0.15, -0.1) is 0 Å². The van der Waals surface area contributed by atoms with E-state index in [9.17, 15) is 5.26 Å². The zero-order valence-electron chi connectivity index (χ0n) is 13.9. The molecule has 25 heavy (non-hydrogen) atoms. The first-order valence-corrected chi connectivity index (χ1v) is 8.80. The lowest BCUT2D eigenvalue weighted by molar-refractivity contribution is 1.02. The number of thioether (sulfide) groups is 1. The second-order valence-corrected chi connectivity index (χ2v) is 6.38. The molecule has 1 heterocycles. The van der Waals surface area contributed by atoms with E-state index in [1.165, 1.54) is 11.8 Å².